The van der Waals surface area contributed by atoms with Crippen molar-refractivity contribution in [2.75, 3.05) is 12.4 Å². The lowest BCUT2D eigenvalue weighted by Gasteiger charge is -2.12. The van der Waals surface area contributed by atoms with Crippen LogP contribution in [0.5, 0.6) is 5.75 Å². The zero-order valence-corrected chi connectivity index (χ0v) is 15.3. The van der Waals surface area contributed by atoms with Crippen LogP contribution in [0.15, 0.2) is 66.6 Å². The number of aromatic nitrogens is 4. The molecular formula is C19H19FN4O2S. The maximum atomic E-state index is 12.9. The van der Waals surface area contributed by atoms with Crippen molar-refractivity contribution in [3.63, 3.8) is 0 Å². The predicted octanol–water partition coefficient (Wildman–Crippen LogP) is 3.20. The highest BCUT2D eigenvalue weighted by Gasteiger charge is 2.15. The quantitative estimate of drug-likeness (QED) is 0.450. The molecule has 1 N–H and O–H groups in total. The van der Waals surface area contributed by atoms with Crippen molar-refractivity contribution in [1.82, 2.24) is 19.7 Å². The molecule has 140 valence electrons. The maximum Gasteiger partial charge on any atom is 0.191 e. The van der Waals surface area contributed by atoms with Crippen LogP contribution in [0.1, 0.15) is 0 Å². The van der Waals surface area contributed by atoms with Crippen molar-refractivity contribution in [2.24, 2.45) is 0 Å². The summed E-state index contributed by atoms with van der Waals surface area (Å²) in [6, 6.07) is 9.41. The lowest BCUT2D eigenvalue weighted by Crippen LogP contribution is -2.20. The van der Waals surface area contributed by atoms with Gasteiger partial charge < -0.3 is 9.84 Å². The highest BCUT2D eigenvalue weighted by Crippen LogP contribution is 2.24. The second-order valence-corrected chi connectivity index (χ2v) is 6.66. The van der Waals surface area contributed by atoms with Gasteiger partial charge in [0.05, 0.1) is 6.10 Å². The number of aliphatic hydroxyl groups excluding tert-OH is 1. The number of nitrogens with zero attached hydrogens (tertiary/aromatic N) is 4. The van der Waals surface area contributed by atoms with Gasteiger partial charge in [-0.05, 0) is 36.4 Å². The van der Waals surface area contributed by atoms with Crippen LogP contribution in [0, 0.1) is 5.82 Å². The molecule has 0 aliphatic heterocycles. The molecule has 27 heavy (non-hydrogen) atoms. The molecule has 0 amide bonds. The summed E-state index contributed by atoms with van der Waals surface area (Å²) in [7, 11) is 0. The van der Waals surface area contributed by atoms with E-state index in [2.05, 4.69) is 21.8 Å². The van der Waals surface area contributed by atoms with Crippen LogP contribution in [-0.2, 0) is 6.54 Å². The summed E-state index contributed by atoms with van der Waals surface area (Å²) in [4.78, 5) is 4.01. The molecule has 0 spiro atoms. The number of benzene rings is 1. The fraction of sp³-hybridized carbons (Fsp3) is 0.211. The molecule has 0 saturated heterocycles. The Hall–Kier alpha value is -2.71. The van der Waals surface area contributed by atoms with Gasteiger partial charge in [-0.15, -0.1) is 16.8 Å². The first-order valence-corrected chi connectivity index (χ1v) is 9.29. The summed E-state index contributed by atoms with van der Waals surface area (Å²) < 4.78 is 20.3. The Morgan fingerprint density at radius 2 is 1.93 bits per heavy atom. The summed E-state index contributed by atoms with van der Waals surface area (Å²) in [5.74, 6) is 1.28. The fourth-order valence-electron chi connectivity index (χ4n) is 2.35. The third-order valence-corrected chi connectivity index (χ3v) is 4.74. The maximum absolute atomic E-state index is 12.9. The molecule has 0 saturated carbocycles. The molecule has 3 rings (SSSR count). The van der Waals surface area contributed by atoms with E-state index in [1.54, 1.807) is 18.5 Å². The van der Waals surface area contributed by atoms with Gasteiger partial charge in [0.25, 0.3) is 0 Å². The fourth-order valence-corrected chi connectivity index (χ4v) is 3.20. The minimum absolute atomic E-state index is 0.103. The molecule has 2 aromatic heterocycles. The van der Waals surface area contributed by atoms with Crippen molar-refractivity contribution < 1.29 is 14.2 Å². The zero-order chi connectivity index (χ0) is 19.1. The molecule has 6 nitrogen and oxygen atoms in total. The molecule has 3 aromatic rings. The Bertz CT molecular complexity index is 871. The van der Waals surface area contributed by atoms with Gasteiger partial charge >= 0.3 is 0 Å². The van der Waals surface area contributed by atoms with Gasteiger partial charge in [-0.25, -0.2) is 4.39 Å². The number of thioether (sulfide) groups is 1. The average Bonchev–Trinajstić information content (AvgIpc) is 3.09. The van der Waals surface area contributed by atoms with E-state index >= 15 is 0 Å². The molecular weight excluding hydrogens is 367 g/mol. The lowest BCUT2D eigenvalue weighted by molar-refractivity contribution is 0.126. The number of hydrogen-bond acceptors (Lipinski definition) is 6. The van der Waals surface area contributed by atoms with Gasteiger partial charge in [-0.2, -0.15) is 0 Å². The second kappa shape index (κ2) is 9.29. The molecule has 0 bridgehead atoms. The largest absolute Gasteiger partial charge is 0.491 e. The SMILES string of the molecule is C=CCn1c(SCC(O)COc2ccc(F)cc2)nnc1-c1ccncc1. The lowest BCUT2D eigenvalue weighted by atomic mass is 10.2. The van der Waals surface area contributed by atoms with Crippen LogP contribution >= 0.6 is 11.8 Å². The third-order valence-electron chi connectivity index (χ3n) is 3.63. The van der Waals surface area contributed by atoms with Gasteiger partial charge in [0.2, 0.25) is 0 Å². The number of allylic oxidation sites excluding steroid dienone is 1. The van der Waals surface area contributed by atoms with E-state index < -0.39 is 6.10 Å². The van der Waals surface area contributed by atoms with E-state index in [-0.39, 0.29) is 12.4 Å². The topological polar surface area (TPSA) is 73.1 Å². The van der Waals surface area contributed by atoms with Crippen molar-refractivity contribution in [2.45, 2.75) is 17.8 Å². The van der Waals surface area contributed by atoms with Crippen molar-refractivity contribution in [3.05, 3.63) is 67.3 Å². The number of hydrogen-bond donors (Lipinski definition) is 1. The van der Waals surface area contributed by atoms with E-state index in [4.69, 9.17) is 4.74 Å². The van der Waals surface area contributed by atoms with E-state index in [0.717, 1.165) is 11.4 Å². The molecule has 2 heterocycles. The zero-order valence-electron chi connectivity index (χ0n) is 14.5. The van der Waals surface area contributed by atoms with E-state index in [1.807, 2.05) is 16.7 Å². The first-order valence-electron chi connectivity index (χ1n) is 8.31. The Morgan fingerprint density at radius 1 is 1.19 bits per heavy atom. The summed E-state index contributed by atoms with van der Waals surface area (Å²) in [5.41, 5.74) is 0.909. The van der Waals surface area contributed by atoms with E-state index in [9.17, 15) is 9.50 Å². The van der Waals surface area contributed by atoms with Crippen molar-refractivity contribution >= 4 is 11.8 Å². The van der Waals surface area contributed by atoms with E-state index in [1.165, 1.54) is 36.0 Å². The van der Waals surface area contributed by atoms with E-state index in [0.29, 0.717) is 23.2 Å². The van der Waals surface area contributed by atoms with Gasteiger partial charge in [0, 0.05) is 30.3 Å². The van der Waals surface area contributed by atoms with Crippen LogP contribution in [-0.4, -0.2) is 43.3 Å². The normalized spacial score (nSPS) is 11.9. The minimum atomic E-state index is -0.710. The second-order valence-electron chi connectivity index (χ2n) is 5.67. The van der Waals surface area contributed by atoms with Crippen LogP contribution in [0.2, 0.25) is 0 Å². The monoisotopic (exact) mass is 386 g/mol. The average molecular weight is 386 g/mol. The van der Waals surface area contributed by atoms with Gasteiger partial charge in [-0.1, -0.05) is 17.8 Å². The van der Waals surface area contributed by atoms with Crippen molar-refractivity contribution in [1.29, 1.82) is 0 Å². The number of rotatable bonds is 9. The first-order chi connectivity index (χ1) is 13.2. The number of ether oxygens (including phenoxy) is 1. The van der Waals surface area contributed by atoms with Crippen LogP contribution in [0.4, 0.5) is 4.39 Å². The Balaban J connectivity index is 1.60. The van der Waals surface area contributed by atoms with Crippen LogP contribution in [0.25, 0.3) is 11.4 Å². The summed E-state index contributed by atoms with van der Waals surface area (Å²) >= 11 is 1.38. The Labute approximate surface area is 160 Å². The Kier molecular flexibility index (Phi) is 6.56. The molecule has 0 aliphatic carbocycles. The number of aliphatic hydroxyl groups is 1. The minimum Gasteiger partial charge on any atom is -0.491 e. The third kappa shape index (κ3) is 5.15. The van der Waals surface area contributed by atoms with Crippen LogP contribution < -0.4 is 4.74 Å². The first kappa shape index (κ1) is 19.1. The molecule has 1 unspecified atom stereocenters. The summed E-state index contributed by atoms with van der Waals surface area (Å²) in [6.07, 6.45) is 4.46. The highest BCUT2D eigenvalue weighted by molar-refractivity contribution is 7.99. The highest BCUT2D eigenvalue weighted by atomic mass is 32.2. The molecule has 1 aromatic carbocycles. The summed E-state index contributed by atoms with van der Waals surface area (Å²) in [5, 5.41) is 19.3. The smallest absolute Gasteiger partial charge is 0.191 e. The van der Waals surface area contributed by atoms with Gasteiger partial charge in [0.1, 0.15) is 18.2 Å². The van der Waals surface area contributed by atoms with Crippen LogP contribution in [0.3, 0.4) is 0 Å². The Morgan fingerprint density at radius 3 is 2.63 bits per heavy atom. The molecule has 0 radical (unpaired) electrons. The molecule has 8 heteroatoms. The molecule has 1 atom stereocenters. The van der Waals surface area contributed by atoms with Gasteiger partial charge in [-0.3, -0.25) is 9.55 Å². The van der Waals surface area contributed by atoms with Crippen molar-refractivity contribution in [3.8, 4) is 17.1 Å². The van der Waals surface area contributed by atoms with Gasteiger partial charge in [0.15, 0.2) is 11.0 Å². The molecule has 0 fully saturated rings. The summed E-state index contributed by atoms with van der Waals surface area (Å²) in [6.45, 7) is 4.44. The number of halogens is 1. The standard InChI is InChI=1S/C19H19FN4O2S/c1-2-11-24-18(14-7-9-21-10-8-14)22-23-19(24)27-13-16(25)12-26-17-5-3-15(20)4-6-17/h2-10,16,25H,1,11-13H2. The predicted molar refractivity (Wildman–Crippen MR) is 102 cm³/mol. The molecule has 0 aliphatic rings. The number of pyridine rings is 1.